The van der Waals surface area contributed by atoms with Gasteiger partial charge >= 0.3 is 0 Å². The van der Waals surface area contributed by atoms with Crippen LogP contribution < -0.4 is 10.2 Å². The van der Waals surface area contributed by atoms with Crippen molar-refractivity contribution < 1.29 is 4.42 Å². The van der Waals surface area contributed by atoms with Crippen molar-refractivity contribution in [1.82, 2.24) is 20.1 Å². The minimum absolute atomic E-state index is 0.624. The van der Waals surface area contributed by atoms with Crippen molar-refractivity contribution in [1.29, 1.82) is 0 Å². The Bertz CT molecular complexity index is 476. The summed E-state index contributed by atoms with van der Waals surface area (Å²) >= 11 is 0. The Morgan fingerprint density at radius 2 is 2.35 bits per heavy atom. The van der Waals surface area contributed by atoms with Crippen LogP contribution >= 0.6 is 0 Å². The van der Waals surface area contributed by atoms with E-state index in [-0.39, 0.29) is 0 Å². The molecule has 92 valence electrons. The summed E-state index contributed by atoms with van der Waals surface area (Å²) in [5.41, 5.74) is 2.03. The van der Waals surface area contributed by atoms with Crippen molar-refractivity contribution in [2.75, 3.05) is 19.0 Å². The van der Waals surface area contributed by atoms with Crippen LogP contribution in [0, 0.1) is 0 Å². The molecule has 0 aliphatic carbocycles. The van der Waals surface area contributed by atoms with Crippen molar-refractivity contribution in [2.24, 2.45) is 7.05 Å². The van der Waals surface area contributed by atoms with Crippen molar-refractivity contribution in [3.8, 4) is 0 Å². The molecule has 0 atom stereocenters. The molecule has 0 aromatic carbocycles. The molecule has 1 N–H and O–H groups in total. The summed E-state index contributed by atoms with van der Waals surface area (Å²) in [5, 5.41) is 7.16. The molecule has 0 radical (unpaired) electrons. The number of nitrogens with one attached hydrogen (secondary N) is 1. The van der Waals surface area contributed by atoms with Crippen LogP contribution in [0.15, 0.2) is 23.1 Å². The summed E-state index contributed by atoms with van der Waals surface area (Å²) < 4.78 is 7.19. The highest BCUT2D eigenvalue weighted by molar-refractivity contribution is 5.27. The summed E-state index contributed by atoms with van der Waals surface area (Å²) in [5.74, 6) is 0. The molecular formula is C11H17N5O. The Kier molecular flexibility index (Phi) is 3.43. The van der Waals surface area contributed by atoms with E-state index < -0.39 is 0 Å². The van der Waals surface area contributed by atoms with E-state index in [0.717, 1.165) is 17.8 Å². The Hall–Kier alpha value is -1.82. The number of aryl methyl sites for hydroxylation is 1. The first-order chi connectivity index (χ1) is 8.19. The Labute approximate surface area is 100 Å². The summed E-state index contributed by atoms with van der Waals surface area (Å²) in [7, 11) is 5.73. The lowest BCUT2D eigenvalue weighted by molar-refractivity contribution is 0.543. The monoisotopic (exact) mass is 235 g/mol. The predicted octanol–water partition coefficient (Wildman–Crippen LogP) is 0.764. The van der Waals surface area contributed by atoms with E-state index in [1.54, 1.807) is 10.9 Å². The maximum atomic E-state index is 5.41. The zero-order valence-electron chi connectivity index (χ0n) is 10.3. The summed E-state index contributed by atoms with van der Waals surface area (Å²) in [6, 6.07) is 0.624. The van der Waals surface area contributed by atoms with Crippen molar-refractivity contribution in [2.45, 2.75) is 13.1 Å². The third-order valence-corrected chi connectivity index (χ3v) is 2.40. The molecule has 0 saturated carbocycles. The van der Waals surface area contributed by atoms with Crippen LogP contribution in [0.2, 0.25) is 0 Å². The van der Waals surface area contributed by atoms with Crippen LogP contribution in [-0.2, 0) is 20.1 Å². The molecular weight excluding hydrogens is 218 g/mol. The first-order valence-corrected chi connectivity index (χ1v) is 5.46. The van der Waals surface area contributed by atoms with Crippen LogP contribution in [0.5, 0.6) is 0 Å². The summed E-state index contributed by atoms with van der Waals surface area (Å²) in [4.78, 5) is 6.33. The largest absolute Gasteiger partial charge is 0.432 e. The highest BCUT2D eigenvalue weighted by atomic mass is 16.4. The average molecular weight is 235 g/mol. The summed E-state index contributed by atoms with van der Waals surface area (Å²) in [6.45, 7) is 1.44. The number of aromatic nitrogens is 3. The topological polar surface area (TPSA) is 59.1 Å². The smallest absolute Gasteiger partial charge is 0.297 e. The van der Waals surface area contributed by atoms with E-state index in [0.29, 0.717) is 12.6 Å². The number of nitrogens with zero attached hydrogens (tertiary/aromatic N) is 4. The fraction of sp³-hybridized carbons (Fsp3) is 0.455. The molecule has 2 aromatic rings. The van der Waals surface area contributed by atoms with Crippen LogP contribution in [0.3, 0.4) is 0 Å². The second-order valence-electron chi connectivity index (χ2n) is 4.03. The Morgan fingerprint density at radius 3 is 3.00 bits per heavy atom. The minimum atomic E-state index is 0.624. The highest BCUT2D eigenvalue weighted by Gasteiger charge is 2.09. The normalized spacial score (nSPS) is 10.8. The van der Waals surface area contributed by atoms with Crippen molar-refractivity contribution in [3.05, 3.63) is 29.9 Å². The molecule has 17 heavy (non-hydrogen) atoms. The van der Waals surface area contributed by atoms with Crippen LogP contribution in [0.4, 0.5) is 6.01 Å². The molecule has 0 fully saturated rings. The molecule has 0 bridgehead atoms. The van der Waals surface area contributed by atoms with E-state index in [9.17, 15) is 0 Å². The van der Waals surface area contributed by atoms with Gasteiger partial charge in [0, 0.05) is 32.4 Å². The molecule has 6 heteroatoms. The van der Waals surface area contributed by atoms with Gasteiger partial charge in [0.1, 0.15) is 6.26 Å². The lowest BCUT2D eigenvalue weighted by Gasteiger charge is -2.12. The number of hydrogen-bond donors (Lipinski definition) is 1. The molecule has 0 aliphatic heterocycles. The van der Waals surface area contributed by atoms with Crippen molar-refractivity contribution >= 4 is 6.01 Å². The first-order valence-electron chi connectivity index (χ1n) is 5.46. The van der Waals surface area contributed by atoms with Crippen LogP contribution in [-0.4, -0.2) is 28.9 Å². The summed E-state index contributed by atoms with van der Waals surface area (Å²) in [6.07, 6.45) is 5.49. The molecule has 2 rings (SSSR count). The molecule has 2 heterocycles. The molecule has 0 aliphatic rings. The van der Waals surface area contributed by atoms with Gasteiger partial charge in [0.25, 0.3) is 6.01 Å². The van der Waals surface area contributed by atoms with Gasteiger partial charge in [-0.3, -0.25) is 4.68 Å². The molecule has 0 saturated heterocycles. The van der Waals surface area contributed by atoms with Gasteiger partial charge in [0.05, 0.1) is 18.4 Å². The van der Waals surface area contributed by atoms with E-state index in [4.69, 9.17) is 4.42 Å². The van der Waals surface area contributed by atoms with E-state index in [1.165, 1.54) is 0 Å². The number of oxazole rings is 1. The van der Waals surface area contributed by atoms with Crippen molar-refractivity contribution in [3.63, 3.8) is 0 Å². The fourth-order valence-electron chi connectivity index (χ4n) is 1.63. The van der Waals surface area contributed by atoms with Crippen LogP contribution in [0.1, 0.15) is 11.3 Å². The fourth-order valence-corrected chi connectivity index (χ4v) is 1.63. The maximum absolute atomic E-state index is 5.41. The quantitative estimate of drug-likeness (QED) is 0.829. The average Bonchev–Trinajstić information content (AvgIpc) is 2.88. The molecule has 0 amide bonds. The van der Waals surface area contributed by atoms with Gasteiger partial charge in [-0.15, -0.1) is 0 Å². The zero-order chi connectivity index (χ0) is 12.3. The maximum Gasteiger partial charge on any atom is 0.297 e. The second kappa shape index (κ2) is 5.01. The second-order valence-corrected chi connectivity index (χ2v) is 4.03. The number of rotatable bonds is 5. The molecule has 0 spiro atoms. The Morgan fingerprint density at radius 1 is 1.53 bits per heavy atom. The third-order valence-electron chi connectivity index (χ3n) is 2.40. The molecule has 2 aromatic heterocycles. The van der Waals surface area contributed by atoms with E-state index in [1.807, 2.05) is 38.4 Å². The number of hydrogen-bond acceptors (Lipinski definition) is 5. The molecule has 0 unspecified atom stereocenters. The lowest BCUT2D eigenvalue weighted by atomic mass is 10.3. The van der Waals surface area contributed by atoms with E-state index >= 15 is 0 Å². The van der Waals surface area contributed by atoms with Gasteiger partial charge in [-0.25, -0.2) is 0 Å². The predicted molar refractivity (Wildman–Crippen MR) is 64.6 cm³/mol. The lowest BCUT2D eigenvalue weighted by Crippen LogP contribution is -2.16. The van der Waals surface area contributed by atoms with E-state index in [2.05, 4.69) is 15.4 Å². The van der Waals surface area contributed by atoms with Gasteiger partial charge in [0.15, 0.2) is 0 Å². The third kappa shape index (κ3) is 2.85. The van der Waals surface area contributed by atoms with Crippen LogP contribution in [0.25, 0.3) is 0 Å². The first kappa shape index (κ1) is 11.7. The van der Waals surface area contributed by atoms with Gasteiger partial charge in [-0.1, -0.05) is 0 Å². The minimum Gasteiger partial charge on any atom is -0.432 e. The Balaban J connectivity index is 2.01. The van der Waals surface area contributed by atoms with Gasteiger partial charge in [0.2, 0.25) is 0 Å². The van der Waals surface area contributed by atoms with Gasteiger partial charge < -0.3 is 14.6 Å². The SMILES string of the molecule is CNCc1coc(N(C)Cc2cnn(C)c2)n1. The highest BCUT2D eigenvalue weighted by Crippen LogP contribution is 2.14. The van der Waals surface area contributed by atoms with Gasteiger partial charge in [-0.2, -0.15) is 10.1 Å². The van der Waals surface area contributed by atoms with Gasteiger partial charge in [-0.05, 0) is 7.05 Å². The molecule has 6 nitrogen and oxygen atoms in total. The number of anilines is 1. The standard InChI is InChI=1S/C11H17N5O/c1-12-5-10-8-17-11(14-10)15(2)6-9-4-13-16(3)7-9/h4,7-8,12H,5-6H2,1-3H3. The zero-order valence-corrected chi connectivity index (χ0v) is 10.3.